The van der Waals surface area contributed by atoms with Crippen molar-refractivity contribution < 1.29 is 0 Å². The van der Waals surface area contributed by atoms with Gasteiger partial charge in [-0.15, -0.1) is 0 Å². The van der Waals surface area contributed by atoms with Gasteiger partial charge in [-0.1, -0.05) is 12.1 Å². The molecule has 0 amide bonds. The molecule has 2 N–H and O–H groups in total. The summed E-state index contributed by atoms with van der Waals surface area (Å²) in [5, 5.41) is 3.43. The van der Waals surface area contributed by atoms with Crippen molar-refractivity contribution in [1.29, 1.82) is 0 Å². The molecule has 2 heterocycles. The van der Waals surface area contributed by atoms with Crippen LogP contribution < -0.4 is 11.0 Å². The molecule has 0 radical (unpaired) electrons. The number of H-pyrrole nitrogens is 1. The lowest BCUT2D eigenvalue weighted by atomic mass is 9.91. The minimum absolute atomic E-state index is 0.0313. The van der Waals surface area contributed by atoms with Gasteiger partial charge >= 0.3 is 5.69 Å². The van der Waals surface area contributed by atoms with Crippen molar-refractivity contribution in [3.05, 3.63) is 34.2 Å². The van der Waals surface area contributed by atoms with Gasteiger partial charge in [0.25, 0.3) is 0 Å². The Morgan fingerprint density at radius 2 is 2.29 bits per heavy atom. The van der Waals surface area contributed by atoms with Crippen LogP contribution in [0.4, 0.5) is 0 Å². The van der Waals surface area contributed by atoms with Crippen LogP contribution in [0, 0.1) is 0 Å². The van der Waals surface area contributed by atoms with Gasteiger partial charge in [-0.25, -0.2) is 4.79 Å². The molecule has 1 aliphatic rings. The van der Waals surface area contributed by atoms with E-state index in [9.17, 15) is 4.79 Å². The number of rotatable bonds is 1. The molecule has 0 bridgehead atoms. The van der Waals surface area contributed by atoms with E-state index in [2.05, 4.69) is 16.4 Å². The molecule has 17 heavy (non-hydrogen) atoms. The van der Waals surface area contributed by atoms with Crippen molar-refractivity contribution in [2.24, 2.45) is 7.05 Å². The number of imidazole rings is 1. The molecule has 0 spiro atoms. The first-order valence-corrected chi connectivity index (χ1v) is 6.15. The number of fused-ring (bicyclic) bond motifs is 1. The van der Waals surface area contributed by atoms with Gasteiger partial charge in [0.15, 0.2) is 0 Å². The number of nitrogens with one attached hydrogen (secondary N) is 2. The maximum absolute atomic E-state index is 11.7. The van der Waals surface area contributed by atoms with Gasteiger partial charge in [0.1, 0.15) is 0 Å². The Morgan fingerprint density at radius 1 is 1.41 bits per heavy atom. The standard InChI is InChI=1S/C13H17N3O/c1-16-12-10(9-4-3-7-14-8-9)5-2-6-11(12)15-13(16)17/h2,5-6,9,14H,3-4,7-8H2,1H3,(H,15,17). The number of para-hydroxylation sites is 1. The molecule has 90 valence electrons. The monoisotopic (exact) mass is 231 g/mol. The maximum atomic E-state index is 11.7. The molecule has 1 aliphatic heterocycles. The second-order valence-electron chi connectivity index (χ2n) is 4.78. The summed E-state index contributed by atoms with van der Waals surface area (Å²) >= 11 is 0. The smallest absolute Gasteiger partial charge is 0.316 e. The number of aryl methyl sites for hydroxylation is 1. The third kappa shape index (κ3) is 1.69. The van der Waals surface area contributed by atoms with Gasteiger partial charge in [0.05, 0.1) is 11.0 Å². The molecule has 4 nitrogen and oxygen atoms in total. The molecular formula is C13H17N3O. The highest BCUT2D eigenvalue weighted by Gasteiger charge is 2.19. The molecule has 3 rings (SSSR count). The van der Waals surface area contributed by atoms with E-state index in [0.717, 1.165) is 24.1 Å². The lowest BCUT2D eigenvalue weighted by Gasteiger charge is -2.23. The van der Waals surface area contributed by atoms with Crippen LogP contribution in [-0.4, -0.2) is 22.6 Å². The Hall–Kier alpha value is -1.55. The highest BCUT2D eigenvalue weighted by atomic mass is 16.1. The van der Waals surface area contributed by atoms with Gasteiger partial charge in [-0.05, 0) is 36.9 Å². The maximum Gasteiger partial charge on any atom is 0.326 e. The molecule has 1 aromatic carbocycles. The Balaban J connectivity index is 2.18. The lowest BCUT2D eigenvalue weighted by Crippen LogP contribution is -2.28. The summed E-state index contributed by atoms with van der Waals surface area (Å²) in [6.07, 6.45) is 2.41. The third-order valence-electron chi connectivity index (χ3n) is 3.69. The van der Waals surface area contributed by atoms with Crippen LogP contribution in [0.1, 0.15) is 24.3 Å². The highest BCUT2D eigenvalue weighted by molar-refractivity contribution is 5.79. The fourth-order valence-electron chi connectivity index (χ4n) is 2.78. The molecule has 0 saturated carbocycles. The summed E-state index contributed by atoms with van der Waals surface area (Å²) in [4.78, 5) is 14.6. The summed E-state index contributed by atoms with van der Waals surface area (Å²) in [5.41, 5.74) is 3.26. The first kappa shape index (κ1) is 10.6. The molecular weight excluding hydrogens is 214 g/mol. The fraction of sp³-hybridized carbons (Fsp3) is 0.462. The zero-order valence-corrected chi connectivity index (χ0v) is 9.99. The minimum atomic E-state index is -0.0313. The minimum Gasteiger partial charge on any atom is -0.316 e. The van der Waals surface area contributed by atoms with Crippen LogP contribution in [0.5, 0.6) is 0 Å². The van der Waals surface area contributed by atoms with Gasteiger partial charge in [-0.3, -0.25) is 4.57 Å². The van der Waals surface area contributed by atoms with E-state index in [0.29, 0.717) is 5.92 Å². The van der Waals surface area contributed by atoms with Crippen molar-refractivity contribution in [3.8, 4) is 0 Å². The van der Waals surface area contributed by atoms with Gasteiger partial charge in [0, 0.05) is 13.6 Å². The van der Waals surface area contributed by atoms with Crippen molar-refractivity contribution >= 4 is 11.0 Å². The van der Waals surface area contributed by atoms with Crippen molar-refractivity contribution in [1.82, 2.24) is 14.9 Å². The highest BCUT2D eigenvalue weighted by Crippen LogP contribution is 2.28. The van der Waals surface area contributed by atoms with Crippen LogP contribution in [0.2, 0.25) is 0 Å². The van der Waals surface area contributed by atoms with Crippen LogP contribution in [0.15, 0.2) is 23.0 Å². The molecule has 1 fully saturated rings. The van der Waals surface area contributed by atoms with Crippen LogP contribution >= 0.6 is 0 Å². The Kier molecular flexibility index (Phi) is 2.52. The number of hydrogen-bond donors (Lipinski definition) is 2. The number of benzene rings is 1. The van der Waals surface area contributed by atoms with Gasteiger partial charge in [0.2, 0.25) is 0 Å². The Labute approximate surface area is 99.6 Å². The largest absolute Gasteiger partial charge is 0.326 e. The summed E-state index contributed by atoms with van der Waals surface area (Å²) in [6.45, 7) is 2.12. The topological polar surface area (TPSA) is 49.8 Å². The Bertz CT molecular complexity index is 590. The lowest BCUT2D eigenvalue weighted by molar-refractivity contribution is 0.463. The molecule has 1 saturated heterocycles. The third-order valence-corrected chi connectivity index (χ3v) is 3.69. The second kappa shape index (κ2) is 4.04. The molecule has 2 aromatic rings. The van der Waals surface area contributed by atoms with E-state index in [-0.39, 0.29) is 5.69 Å². The Morgan fingerprint density at radius 3 is 3.06 bits per heavy atom. The summed E-state index contributed by atoms with van der Waals surface area (Å²) in [5.74, 6) is 0.522. The number of aromatic nitrogens is 2. The number of nitrogens with zero attached hydrogens (tertiary/aromatic N) is 1. The zero-order chi connectivity index (χ0) is 11.8. The predicted octanol–water partition coefficient (Wildman–Crippen LogP) is 1.33. The summed E-state index contributed by atoms with van der Waals surface area (Å²) < 4.78 is 1.72. The van der Waals surface area contributed by atoms with E-state index in [4.69, 9.17) is 0 Å². The normalized spacial score (nSPS) is 20.9. The number of piperidine rings is 1. The van der Waals surface area contributed by atoms with Crippen molar-refractivity contribution in [3.63, 3.8) is 0 Å². The summed E-state index contributed by atoms with van der Waals surface area (Å²) in [6, 6.07) is 6.14. The molecule has 1 aromatic heterocycles. The van der Waals surface area contributed by atoms with Crippen LogP contribution in [-0.2, 0) is 7.05 Å². The molecule has 1 unspecified atom stereocenters. The molecule has 4 heteroatoms. The van der Waals surface area contributed by atoms with Crippen molar-refractivity contribution in [2.75, 3.05) is 13.1 Å². The van der Waals surface area contributed by atoms with Gasteiger partial charge in [-0.2, -0.15) is 0 Å². The molecule has 1 atom stereocenters. The van der Waals surface area contributed by atoms with Crippen LogP contribution in [0.25, 0.3) is 11.0 Å². The first-order valence-electron chi connectivity index (χ1n) is 6.15. The number of hydrogen-bond acceptors (Lipinski definition) is 2. The van der Waals surface area contributed by atoms with E-state index in [1.807, 2.05) is 19.2 Å². The fourth-order valence-corrected chi connectivity index (χ4v) is 2.78. The van der Waals surface area contributed by atoms with E-state index < -0.39 is 0 Å². The van der Waals surface area contributed by atoms with Crippen molar-refractivity contribution in [2.45, 2.75) is 18.8 Å². The second-order valence-corrected chi connectivity index (χ2v) is 4.78. The SMILES string of the molecule is Cn1c(=O)[nH]c2cccc(C3CCCNC3)c21. The van der Waals surface area contributed by atoms with Crippen LogP contribution in [0.3, 0.4) is 0 Å². The predicted molar refractivity (Wildman–Crippen MR) is 68.4 cm³/mol. The average Bonchev–Trinajstić information content (AvgIpc) is 2.66. The first-order chi connectivity index (χ1) is 8.27. The number of aromatic amines is 1. The summed E-state index contributed by atoms with van der Waals surface area (Å²) in [7, 11) is 1.83. The van der Waals surface area contributed by atoms with E-state index >= 15 is 0 Å². The van der Waals surface area contributed by atoms with Gasteiger partial charge < -0.3 is 10.3 Å². The quantitative estimate of drug-likeness (QED) is 0.778. The zero-order valence-electron chi connectivity index (χ0n) is 9.99. The van der Waals surface area contributed by atoms with E-state index in [1.165, 1.54) is 18.4 Å². The van der Waals surface area contributed by atoms with E-state index in [1.54, 1.807) is 4.57 Å². The molecule has 0 aliphatic carbocycles. The average molecular weight is 231 g/mol.